The van der Waals surface area contributed by atoms with Crippen LogP contribution in [0, 0.1) is 6.92 Å². The average Bonchev–Trinajstić information content (AvgIpc) is 3.17. The second kappa shape index (κ2) is 9.03. The van der Waals surface area contributed by atoms with E-state index in [0.717, 1.165) is 36.0 Å². The molecule has 7 nitrogen and oxygen atoms in total. The smallest absolute Gasteiger partial charge is 0.244 e. The molecule has 0 aliphatic heterocycles. The van der Waals surface area contributed by atoms with E-state index in [0.29, 0.717) is 5.95 Å². The van der Waals surface area contributed by atoms with Gasteiger partial charge in [0.2, 0.25) is 11.9 Å². The molecule has 0 saturated carbocycles. The van der Waals surface area contributed by atoms with Gasteiger partial charge in [-0.3, -0.25) is 4.79 Å². The number of hydrogen-bond acceptors (Lipinski definition) is 5. The van der Waals surface area contributed by atoms with Gasteiger partial charge in [-0.15, -0.1) is 0 Å². The van der Waals surface area contributed by atoms with Gasteiger partial charge in [0.25, 0.3) is 0 Å². The van der Waals surface area contributed by atoms with Gasteiger partial charge in [0.1, 0.15) is 12.4 Å². The topological polar surface area (TPSA) is 75.1 Å². The molecule has 0 aliphatic carbocycles. The van der Waals surface area contributed by atoms with E-state index in [-0.39, 0.29) is 12.5 Å². The highest BCUT2D eigenvalue weighted by Gasteiger charge is 2.08. The predicted octanol–water partition coefficient (Wildman–Crippen LogP) is 3.82. The lowest BCUT2D eigenvalue weighted by atomic mass is 10.2. The normalized spacial score (nSPS) is 10.5. The molecule has 3 aromatic rings. The van der Waals surface area contributed by atoms with Crippen LogP contribution < -0.4 is 15.5 Å². The van der Waals surface area contributed by atoms with Gasteiger partial charge < -0.3 is 20.1 Å². The summed E-state index contributed by atoms with van der Waals surface area (Å²) in [5, 5.41) is 6.13. The van der Waals surface area contributed by atoms with Crippen molar-refractivity contribution in [1.82, 2.24) is 14.5 Å². The van der Waals surface area contributed by atoms with E-state index in [1.807, 2.05) is 66.3 Å². The standard InChI is InChI=1S/C21H26N6O/c1-4-27(5-2)19-14-16(3)22-21(25-19)24-18-10-8-17(9-11-18)23-20(28)15-26-12-6-7-13-26/h6-14H,4-5,15H2,1-3H3,(H,23,28)(H,22,24,25). The van der Waals surface area contributed by atoms with Crippen molar-refractivity contribution in [3.63, 3.8) is 0 Å². The zero-order valence-electron chi connectivity index (χ0n) is 16.5. The molecule has 2 aromatic heterocycles. The quantitative estimate of drug-likeness (QED) is 0.623. The summed E-state index contributed by atoms with van der Waals surface area (Å²) in [6.07, 6.45) is 3.72. The number of aromatic nitrogens is 3. The number of hydrogen-bond donors (Lipinski definition) is 2. The number of nitrogens with one attached hydrogen (secondary N) is 2. The van der Waals surface area contributed by atoms with E-state index >= 15 is 0 Å². The molecule has 0 saturated heterocycles. The first-order valence-electron chi connectivity index (χ1n) is 9.45. The number of anilines is 4. The van der Waals surface area contributed by atoms with E-state index in [1.165, 1.54) is 0 Å². The van der Waals surface area contributed by atoms with E-state index < -0.39 is 0 Å². The minimum atomic E-state index is -0.0669. The molecular weight excluding hydrogens is 352 g/mol. The molecule has 3 rings (SSSR count). The maximum Gasteiger partial charge on any atom is 0.244 e. The lowest BCUT2D eigenvalue weighted by molar-refractivity contribution is -0.116. The van der Waals surface area contributed by atoms with Gasteiger partial charge in [-0.05, 0) is 57.2 Å². The summed E-state index contributed by atoms with van der Waals surface area (Å²) in [5.74, 6) is 1.41. The van der Waals surface area contributed by atoms with Crippen LogP contribution >= 0.6 is 0 Å². The van der Waals surface area contributed by atoms with Crippen molar-refractivity contribution in [3.05, 3.63) is 60.6 Å². The number of carbonyl (C=O) groups excluding carboxylic acids is 1. The van der Waals surface area contributed by atoms with Crippen LogP contribution in [0.3, 0.4) is 0 Å². The summed E-state index contributed by atoms with van der Waals surface area (Å²) in [6.45, 7) is 8.25. The number of benzene rings is 1. The number of amides is 1. The Balaban J connectivity index is 1.65. The molecule has 7 heteroatoms. The minimum absolute atomic E-state index is 0.0669. The number of nitrogens with zero attached hydrogens (tertiary/aromatic N) is 4. The largest absolute Gasteiger partial charge is 0.357 e. The lowest BCUT2D eigenvalue weighted by Gasteiger charge is -2.20. The minimum Gasteiger partial charge on any atom is -0.357 e. The van der Waals surface area contributed by atoms with Gasteiger partial charge in [-0.2, -0.15) is 4.98 Å². The van der Waals surface area contributed by atoms with E-state index in [4.69, 9.17) is 0 Å². The molecule has 0 bridgehead atoms. The lowest BCUT2D eigenvalue weighted by Crippen LogP contribution is -2.23. The number of aryl methyl sites for hydroxylation is 1. The Hall–Kier alpha value is -3.35. The average molecular weight is 378 g/mol. The third-order valence-electron chi connectivity index (χ3n) is 4.35. The molecule has 28 heavy (non-hydrogen) atoms. The Morgan fingerprint density at radius 1 is 1.04 bits per heavy atom. The summed E-state index contributed by atoms with van der Waals surface area (Å²) in [5.41, 5.74) is 2.52. The Bertz CT molecular complexity index is 901. The fourth-order valence-corrected chi connectivity index (χ4v) is 2.93. The molecular formula is C21H26N6O. The van der Waals surface area contributed by atoms with Crippen molar-refractivity contribution in [3.8, 4) is 0 Å². The maximum absolute atomic E-state index is 12.1. The summed E-state index contributed by atoms with van der Waals surface area (Å²) < 4.78 is 1.83. The van der Waals surface area contributed by atoms with Crippen LogP contribution in [0.2, 0.25) is 0 Å². The van der Waals surface area contributed by atoms with E-state index in [1.54, 1.807) is 0 Å². The monoisotopic (exact) mass is 378 g/mol. The molecule has 0 fully saturated rings. The molecule has 146 valence electrons. The molecule has 1 aromatic carbocycles. The van der Waals surface area contributed by atoms with Gasteiger partial charge in [0, 0.05) is 48.6 Å². The fraction of sp³-hybridized carbons (Fsp3) is 0.286. The van der Waals surface area contributed by atoms with E-state index in [2.05, 4.69) is 39.3 Å². The Morgan fingerprint density at radius 3 is 2.32 bits per heavy atom. The van der Waals surface area contributed by atoms with Crippen LogP contribution in [-0.4, -0.2) is 33.5 Å². The SMILES string of the molecule is CCN(CC)c1cc(C)nc(Nc2ccc(NC(=O)Cn3cccc3)cc2)n1. The highest BCUT2D eigenvalue weighted by molar-refractivity contribution is 5.90. The molecule has 0 spiro atoms. The third-order valence-corrected chi connectivity index (χ3v) is 4.35. The van der Waals surface area contributed by atoms with Crippen molar-refractivity contribution < 1.29 is 4.79 Å². The number of rotatable bonds is 8. The molecule has 0 aliphatic rings. The predicted molar refractivity (Wildman–Crippen MR) is 113 cm³/mol. The van der Waals surface area contributed by atoms with Crippen LogP contribution in [0.15, 0.2) is 54.9 Å². The van der Waals surface area contributed by atoms with E-state index in [9.17, 15) is 4.79 Å². The third kappa shape index (κ3) is 5.09. The maximum atomic E-state index is 12.1. The first kappa shape index (κ1) is 19.4. The molecule has 0 atom stereocenters. The second-order valence-corrected chi connectivity index (χ2v) is 6.47. The summed E-state index contributed by atoms with van der Waals surface area (Å²) >= 11 is 0. The van der Waals surface area contributed by atoms with Crippen molar-refractivity contribution >= 4 is 29.0 Å². The Morgan fingerprint density at radius 2 is 1.68 bits per heavy atom. The van der Waals surface area contributed by atoms with Gasteiger partial charge >= 0.3 is 0 Å². The van der Waals surface area contributed by atoms with Crippen molar-refractivity contribution in [1.29, 1.82) is 0 Å². The zero-order valence-corrected chi connectivity index (χ0v) is 16.5. The molecule has 1 amide bonds. The summed E-state index contributed by atoms with van der Waals surface area (Å²) in [4.78, 5) is 23.3. The first-order valence-corrected chi connectivity index (χ1v) is 9.45. The molecule has 2 heterocycles. The van der Waals surface area contributed by atoms with Crippen LogP contribution in [0.4, 0.5) is 23.1 Å². The summed E-state index contributed by atoms with van der Waals surface area (Å²) in [7, 11) is 0. The molecule has 0 radical (unpaired) electrons. The molecule has 0 unspecified atom stereocenters. The highest BCUT2D eigenvalue weighted by atomic mass is 16.1. The number of carbonyl (C=O) groups is 1. The van der Waals surface area contributed by atoms with Gasteiger partial charge in [0.15, 0.2) is 0 Å². The Labute approximate surface area is 165 Å². The highest BCUT2D eigenvalue weighted by Crippen LogP contribution is 2.20. The summed E-state index contributed by atoms with van der Waals surface area (Å²) in [6, 6.07) is 13.3. The van der Waals surface area contributed by atoms with Crippen LogP contribution in [0.25, 0.3) is 0 Å². The van der Waals surface area contributed by atoms with Crippen LogP contribution in [0.1, 0.15) is 19.5 Å². The van der Waals surface area contributed by atoms with Gasteiger partial charge in [-0.25, -0.2) is 4.98 Å². The second-order valence-electron chi connectivity index (χ2n) is 6.47. The zero-order chi connectivity index (χ0) is 19.9. The van der Waals surface area contributed by atoms with Crippen molar-refractivity contribution in [2.75, 3.05) is 28.6 Å². The van der Waals surface area contributed by atoms with Crippen LogP contribution in [0.5, 0.6) is 0 Å². The fourth-order valence-electron chi connectivity index (χ4n) is 2.93. The van der Waals surface area contributed by atoms with Crippen LogP contribution in [-0.2, 0) is 11.3 Å². The van der Waals surface area contributed by atoms with Crippen molar-refractivity contribution in [2.45, 2.75) is 27.3 Å². The molecule has 2 N–H and O–H groups in total. The first-order chi connectivity index (χ1) is 13.6. The van der Waals surface area contributed by atoms with Crippen molar-refractivity contribution in [2.24, 2.45) is 0 Å². The van der Waals surface area contributed by atoms with Gasteiger partial charge in [-0.1, -0.05) is 0 Å². The Kier molecular flexibility index (Phi) is 6.26. The van der Waals surface area contributed by atoms with Gasteiger partial charge in [0.05, 0.1) is 0 Å².